The van der Waals surface area contributed by atoms with Crippen molar-refractivity contribution >= 4 is 23.4 Å². The number of benzene rings is 2. The Balaban J connectivity index is 2.40. The molecule has 0 saturated heterocycles. The van der Waals surface area contributed by atoms with Gasteiger partial charge in [-0.05, 0) is 43.7 Å². The van der Waals surface area contributed by atoms with E-state index in [2.05, 4.69) is 15.4 Å². The fourth-order valence-corrected chi connectivity index (χ4v) is 2.42. The molecule has 150 valence electrons. The molecular weight excluding hydrogens is 375 g/mol. The summed E-state index contributed by atoms with van der Waals surface area (Å²) in [5, 5.41) is 6.08. The molecule has 0 radical (unpaired) electrons. The van der Waals surface area contributed by atoms with Crippen LogP contribution in [0, 0.1) is 6.92 Å². The molecule has 0 bridgehead atoms. The van der Waals surface area contributed by atoms with Gasteiger partial charge in [-0.1, -0.05) is 30.3 Å². The highest BCUT2D eigenvalue weighted by Crippen LogP contribution is 2.33. The maximum Gasteiger partial charge on any atom is 0.441 e. The lowest BCUT2D eigenvalue weighted by Gasteiger charge is -2.35. The van der Waals surface area contributed by atoms with Crippen LogP contribution in [0.5, 0.6) is 0 Å². The molecule has 2 aromatic rings. The van der Waals surface area contributed by atoms with Gasteiger partial charge in [-0.3, -0.25) is 5.32 Å². The van der Waals surface area contributed by atoms with Crippen molar-refractivity contribution in [1.82, 2.24) is 5.32 Å². The first-order valence-corrected chi connectivity index (χ1v) is 8.41. The Kier molecular flexibility index (Phi) is 6.50. The highest BCUT2D eigenvalue weighted by atomic mass is 19.4. The highest BCUT2D eigenvalue weighted by molar-refractivity contribution is 5.96. The van der Waals surface area contributed by atoms with Crippen LogP contribution in [-0.2, 0) is 9.53 Å². The molecule has 0 aliphatic heterocycles. The van der Waals surface area contributed by atoms with Crippen molar-refractivity contribution in [1.29, 1.82) is 0 Å². The molecule has 0 saturated carbocycles. The Morgan fingerprint density at radius 1 is 1.00 bits per heavy atom. The molecule has 2 amide bonds. The van der Waals surface area contributed by atoms with E-state index in [1.54, 1.807) is 36.5 Å². The van der Waals surface area contributed by atoms with Crippen molar-refractivity contribution in [3.63, 3.8) is 0 Å². The third-order valence-corrected chi connectivity index (χ3v) is 3.69. The maximum absolute atomic E-state index is 14.0. The van der Waals surface area contributed by atoms with Crippen molar-refractivity contribution in [3.8, 4) is 0 Å². The van der Waals surface area contributed by atoms with Crippen LogP contribution in [0.3, 0.4) is 0 Å². The van der Waals surface area contributed by atoms with Gasteiger partial charge in [0, 0.05) is 11.4 Å². The Bertz CT molecular complexity index is 828. The molecule has 1 unspecified atom stereocenters. The van der Waals surface area contributed by atoms with Gasteiger partial charge in [-0.15, -0.1) is 0 Å². The Labute approximate surface area is 160 Å². The summed E-state index contributed by atoms with van der Waals surface area (Å²) in [6.07, 6.45) is -5.20. The van der Waals surface area contributed by atoms with Gasteiger partial charge in [0.25, 0.3) is 0 Å². The molecule has 9 heteroatoms. The molecule has 1 atom stereocenters. The molecule has 2 rings (SSSR count). The molecule has 6 nitrogen and oxygen atoms in total. The number of amides is 2. The standard InChI is InChI=1S/C19H20F3N3O3/c1-3-28-16(26)18(19(20,21)22,24-15-11-7-8-13(2)12-15)25-17(27)23-14-9-5-4-6-10-14/h4-12,24H,3H2,1-2H3,(H2,23,25,27). The number of rotatable bonds is 6. The summed E-state index contributed by atoms with van der Waals surface area (Å²) in [7, 11) is 0. The van der Waals surface area contributed by atoms with Crippen LogP contribution in [0.1, 0.15) is 12.5 Å². The summed E-state index contributed by atoms with van der Waals surface area (Å²) in [5.74, 6) is -1.67. The molecule has 3 N–H and O–H groups in total. The number of halogens is 3. The van der Waals surface area contributed by atoms with E-state index in [0.29, 0.717) is 5.56 Å². The molecule has 0 aromatic heterocycles. The fourth-order valence-electron chi connectivity index (χ4n) is 2.42. The number of aryl methyl sites for hydroxylation is 1. The van der Waals surface area contributed by atoms with Gasteiger partial charge in [-0.25, -0.2) is 9.59 Å². The smallest absolute Gasteiger partial charge is 0.441 e. The van der Waals surface area contributed by atoms with Gasteiger partial charge in [-0.2, -0.15) is 13.2 Å². The zero-order valence-corrected chi connectivity index (χ0v) is 15.3. The second kappa shape index (κ2) is 8.64. The SMILES string of the molecule is CCOC(=O)C(NC(=O)Nc1ccccc1)(Nc1cccc(C)c1)C(F)(F)F. The zero-order chi connectivity index (χ0) is 20.8. The Morgan fingerprint density at radius 2 is 1.64 bits per heavy atom. The zero-order valence-electron chi connectivity index (χ0n) is 15.3. The van der Waals surface area contributed by atoms with E-state index >= 15 is 0 Å². The van der Waals surface area contributed by atoms with Gasteiger partial charge < -0.3 is 15.4 Å². The van der Waals surface area contributed by atoms with Crippen LogP contribution >= 0.6 is 0 Å². The molecule has 2 aromatic carbocycles. The number of carbonyl (C=O) groups is 2. The topological polar surface area (TPSA) is 79.5 Å². The van der Waals surface area contributed by atoms with Crippen molar-refractivity contribution in [3.05, 3.63) is 60.2 Å². The highest BCUT2D eigenvalue weighted by Gasteiger charge is 2.63. The van der Waals surface area contributed by atoms with E-state index in [9.17, 15) is 22.8 Å². The van der Waals surface area contributed by atoms with Gasteiger partial charge in [0.05, 0.1) is 6.61 Å². The third-order valence-electron chi connectivity index (χ3n) is 3.69. The van der Waals surface area contributed by atoms with Crippen LogP contribution in [0.2, 0.25) is 0 Å². The fraction of sp³-hybridized carbons (Fsp3) is 0.263. The lowest BCUT2D eigenvalue weighted by atomic mass is 10.1. The molecule has 28 heavy (non-hydrogen) atoms. The summed E-state index contributed by atoms with van der Waals surface area (Å²) in [4.78, 5) is 24.6. The molecule has 0 heterocycles. The average molecular weight is 395 g/mol. The van der Waals surface area contributed by atoms with Gasteiger partial charge in [0.1, 0.15) is 0 Å². The number of urea groups is 1. The lowest BCUT2D eigenvalue weighted by Crippen LogP contribution is -2.70. The number of hydrogen-bond acceptors (Lipinski definition) is 4. The minimum atomic E-state index is -5.20. The normalized spacial score (nSPS) is 13.2. The number of hydrogen-bond donors (Lipinski definition) is 3. The predicted octanol–water partition coefficient (Wildman–Crippen LogP) is 4.05. The summed E-state index contributed by atoms with van der Waals surface area (Å²) in [6, 6.07) is 12.6. The maximum atomic E-state index is 14.0. The van der Waals surface area contributed by atoms with Crippen molar-refractivity contribution in [2.75, 3.05) is 17.2 Å². The first kappa shape index (κ1) is 21.1. The predicted molar refractivity (Wildman–Crippen MR) is 98.8 cm³/mol. The largest absolute Gasteiger partial charge is 0.463 e. The molecule has 0 aliphatic carbocycles. The van der Waals surface area contributed by atoms with Crippen LogP contribution in [0.4, 0.5) is 29.3 Å². The first-order valence-electron chi connectivity index (χ1n) is 8.41. The second-order valence-corrected chi connectivity index (χ2v) is 5.91. The van der Waals surface area contributed by atoms with E-state index in [-0.39, 0.29) is 18.0 Å². The Hall–Kier alpha value is -3.23. The van der Waals surface area contributed by atoms with Crippen LogP contribution < -0.4 is 16.0 Å². The number of anilines is 2. The van der Waals surface area contributed by atoms with Gasteiger partial charge >= 0.3 is 23.8 Å². The van der Waals surface area contributed by atoms with E-state index in [0.717, 1.165) is 0 Å². The van der Waals surface area contributed by atoms with Gasteiger partial charge in [0.15, 0.2) is 0 Å². The number of alkyl halides is 3. The minimum absolute atomic E-state index is 0.00890. The minimum Gasteiger partial charge on any atom is -0.463 e. The first-order chi connectivity index (χ1) is 13.2. The van der Waals surface area contributed by atoms with E-state index in [4.69, 9.17) is 0 Å². The van der Waals surface area contributed by atoms with E-state index < -0.39 is 23.8 Å². The number of esters is 1. The Morgan fingerprint density at radius 3 is 2.21 bits per heavy atom. The van der Waals surface area contributed by atoms with Crippen molar-refractivity contribution in [2.45, 2.75) is 25.7 Å². The average Bonchev–Trinajstić information content (AvgIpc) is 2.61. The molecule has 0 aliphatic rings. The summed E-state index contributed by atoms with van der Waals surface area (Å²) in [6.45, 7) is 2.75. The summed E-state index contributed by atoms with van der Waals surface area (Å²) < 4.78 is 46.7. The van der Waals surface area contributed by atoms with Crippen LogP contribution in [-0.4, -0.2) is 30.4 Å². The lowest BCUT2D eigenvalue weighted by molar-refractivity contribution is -0.204. The van der Waals surface area contributed by atoms with Crippen molar-refractivity contribution < 1.29 is 27.5 Å². The molecular formula is C19H20F3N3O3. The summed E-state index contributed by atoms with van der Waals surface area (Å²) >= 11 is 0. The van der Waals surface area contributed by atoms with Gasteiger partial charge in [0.2, 0.25) is 0 Å². The van der Waals surface area contributed by atoms with Crippen LogP contribution in [0.15, 0.2) is 54.6 Å². The number of nitrogens with one attached hydrogen (secondary N) is 3. The molecule has 0 fully saturated rings. The van der Waals surface area contributed by atoms with Crippen LogP contribution in [0.25, 0.3) is 0 Å². The summed E-state index contributed by atoms with van der Waals surface area (Å²) in [5.41, 5.74) is -2.56. The third kappa shape index (κ3) is 4.93. The monoisotopic (exact) mass is 395 g/mol. The van der Waals surface area contributed by atoms with E-state index in [1.165, 1.54) is 37.3 Å². The number of ether oxygens (including phenoxy) is 1. The quantitative estimate of drug-likeness (QED) is 0.509. The molecule has 0 spiro atoms. The number of carbonyl (C=O) groups excluding carboxylic acids is 2. The number of para-hydroxylation sites is 1. The second-order valence-electron chi connectivity index (χ2n) is 5.91. The van der Waals surface area contributed by atoms with Crippen molar-refractivity contribution in [2.24, 2.45) is 0 Å². The van der Waals surface area contributed by atoms with E-state index in [1.807, 2.05) is 0 Å².